The highest BCUT2D eigenvalue weighted by atomic mass is 16.4. The molecular weight excluding hydrogens is 322 g/mol. The Hall–Kier alpha value is -1.59. The maximum atomic E-state index is 11.7. The molecule has 0 aromatic carbocycles. The number of unbranched alkanes of at least 4 members (excludes halogenated alkanes) is 10. The molecule has 1 amide bonds. The molecule has 0 rings (SSSR count). The van der Waals surface area contributed by atoms with Crippen LogP contribution in [0.15, 0.2) is 0 Å². The van der Waals surface area contributed by atoms with Crippen molar-refractivity contribution in [2.45, 2.75) is 103 Å². The van der Waals surface area contributed by atoms with Gasteiger partial charge in [-0.1, -0.05) is 71.1 Å². The summed E-state index contributed by atoms with van der Waals surface area (Å²) in [5.41, 5.74) is 0. The Kier molecular flexibility index (Phi) is 14.9. The van der Waals surface area contributed by atoms with Crippen molar-refractivity contribution < 1.29 is 24.6 Å². The number of rotatable bonds is 17. The standard InChI is InChI=1S/C19H35NO5/c1-2-3-4-5-6-7-8-9-10-11-12-13-17(21)20-16(19(24)25)14-15-18(22)23/h16H,2-15H2,1H3,(H,20,21)(H,22,23)(H,24,25)/p-1/t16-/m0/s1. The van der Waals surface area contributed by atoms with E-state index in [0.29, 0.717) is 0 Å². The third kappa shape index (κ3) is 15.7. The summed E-state index contributed by atoms with van der Waals surface area (Å²) in [5.74, 6) is -2.86. The molecule has 0 aliphatic rings. The highest BCUT2D eigenvalue weighted by Gasteiger charge is 2.19. The van der Waals surface area contributed by atoms with E-state index in [-0.39, 0.29) is 25.2 Å². The fourth-order valence-corrected chi connectivity index (χ4v) is 2.74. The summed E-state index contributed by atoms with van der Waals surface area (Å²) in [7, 11) is 0. The summed E-state index contributed by atoms with van der Waals surface area (Å²) in [4.78, 5) is 33.1. The molecule has 6 nitrogen and oxygen atoms in total. The molecule has 0 heterocycles. The Morgan fingerprint density at radius 1 is 0.840 bits per heavy atom. The van der Waals surface area contributed by atoms with Crippen LogP contribution < -0.4 is 10.4 Å². The van der Waals surface area contributed by atoms with E-state index in [1.54, 1.807) is 0 Å². The predicted octanol–water partition coefficient (Wildman–Crippen LogP) is 2.79. The Morgan fingerprint density at radius 2 is 1.32 bits per heavy atom. The van der Waals surface area contributed by atoms with E-state index < -0.39 is 18.0 Å². The second kappa shape index (κ2) is 15.9. The van der Waals surface area contributed by atoms with Gasteiger partial charge in [-0.05, 0) is 19.3 Å². The quantitative estimate of drug-likeness (QED) is 0.390. The number of carbonyl (C=O) groups is 3. The molecule has 25 heavy (non-hydrogen) atoms. The first-order valence-electron chi connectivity index (χ1n) is 9.69. The van der Waals surface area contributed by atoms with Crippen LogP contribution in [0.25, 0.3) is 0 Å². The van der Waals surface area contributed by atoms with Crippen molar-refractivity contribution in [1.29, 1.82) is 0 Å². The van der Waals surface area contributed by atoms with E-state index in [0.717, 1.165) is 19.3 Å². The molecule has 0 aromatic rings. The minimum atomic E-state index is -1.31. The topological polar surface area (TPSA) is 107 Å². The molecular formula is C19H34NO5-. The molecule has 0 unspecified atom stereocenters. The van der Waals surface area contributed by atoms with Gasteiger partial charge in [-0.2, -0.15) is 0 Å². The number of hydrogen-bond donors (Lipinski definition) is 2. The van der Waals surface area contributed by atoms with E-state index in [1.807, 2.05) is 0 Å². The van der Waals surface area contributed by atoms with Crippen LogP contribution in [0.1, 0.15) is 96.8 Å². The van der Waals surface area contributed by atoms with Crippen molar-refractivity contribution >= 4 is 17.8 Å². The zero-order chi connectivity index (χ0) is 18.9. The zero-order valence-electron chi connectivity index (χ0n) is 15.6. The van der Waals surface area contributed by atoms with Crippen molar-refractivity contribution in [3.8, 4) is 0 Å². The Morgan fingerprint density at radius 3 is 1.76 bits per heavy atom. The lowest BCUT2D eigenvalue weighted by atomic mass is 10.0. The smallest absolute Gasteiger partial charge is 0.326 e. The Balaban J connectivity index is 3.58. The zero-order valence-corrected chi connectivity index (χ0v) is 15.6. The minimum absolute atomic E-state index is 0.151. The van der Waals surface area contributed by atoms with Gasteiger partial charge in [0.25, 0.3) is 0 Å². The van der Waals surface area contributed by atoms with Crippen molar-refractivity contribution in [2.24, 2.45) is 0 Å². The fraction of sp³-hybridized carbons (Fsp3) is 0.842. The molecule has 1 atom stereocenters. The average Bonchev–Trinajstić information content (AvgIpc) is 2.56. The third-order valence-electron chi connectivity index (χ3n) is 4.28. The van der Waals surface area contributed by atoms with Crippen LogP contribution in [0, 0.1) is 0 Å². The molecule has 0 aliphatic heterocycles. The molecule has 0 bridgehead atoms. The van der Waals surface area contributed by atoms with Gasteiger partial charge in [-0.3, -0.25) is 4.79 Å². The van der Waals surface area contributed by atoms with Crippen molar-refractivity contribution in [3.63, 3.8) is 0 Å². The number of carboxylic acids is 2. The van der Waals surface area contributed by atoms with Crippen LogP contribution in [-0.2, 0) is 14.4 Å². The molecule has 0 spiro atoms. The van der Waals surface area contributed by atoms with Crippen LogP contribution in [0.5, 0.6) is 0 Å². The van der Waals surface area contributed by atoms with Gasteiger partial charge in [0.05, 0.1) is 0 Å². The van der Waals surface area contributed by atoms with Crippen molar-refractivity contribution in [1.82, 2.24) is 5.32 Å². The fourth-order valence-electron chi connectivity index (χ4n) is 2.74. The molecule has 146 valence electrons. The number of carbonyl (C=O) groups excluding carboxylic acids is 2. The second-order valence-electron chi connectivity index (χ2n) is 6.65. The monoisotopic (exact) mass is 356 g/mol. The van der Waals surface area contributed by atoms with E-state index >= 15 is 0 Å². The molecule has 0 fully saturated rings. The first kappa shape index (κ1) is 23.4. The lowest BCUT2D eigenvalue weighted by molar-refractivity contribution is -0.305. The normalized spacial score (nSPS) is 11.9. The number of carboxylic acid groups (broad SMARTS) is 2. The minimum Gasteiger partial charge on any atom is -0.550 e. The van der Waals surface area contributed by atoms with Gasteiger partial charge in [0.1, 0.15) is 6.04 Å². The van der Waals surface area contributed by atoms with Crippen LogP contribution in [0.4, 0.5) is 0 Å². The molecule has 0 aliphatic carbocycles. The summed E-state index contributed by atoms with van der Waals surface area (Å²) in [6.45, 7) is 2.22. The number of amides is 1. The van der Waals surface area contributed by atoms with E-state index in [9.17, 15) is 19.5 Å². The van der Waals surface area contributed by atoms with Crippen LogP contribution in [0.2, 0.25) is 0 Å². The third-order valence-corrected chi connectivity index (χ3v) is 4.28. The molecule has 6 heteroatoms. The molecule has 2 N–H and O–H groups in total. The first-order chi connectivity index (χ1) is 12.0. The Labute approximate surface area is 151 Å². The summed E-state index contributed by atoms with van der Waals surface area (Å²) in [6, 6.07) is -1.15. The summed E-state index contributed by atoms with van der Waals surface area (Å²) in [6.07, 6.45) is 12.8. The first-order valence-corrected chi connectivity index (χ1v) is 9.69. The van der Waals surface area contributed by atoms with Crippen LogP contribution >= 0.6 is 0 Å². The maximum absolute atomic E-state index is 11.7. The molecule has 0 aromatic heterocycles. The number of hydrogen-bond acceptors (Lipinski definition) is 4. The molecule has 0 saturated heterocycles. The second-order valence-corrected chi connectivity index (χ2v) is 6.65. The lowest BCUT2D eigenvalue weighted by Crippen LogP contribution is -2.41. The maximum Gasteiger partial charge on any atom is 0.326 e. The van der Waals surface area contributed by atoms with E-state index in [1.165, 1.54) is 51.4 Å². The summed E-state index contributed by atoms with van der Waals surface area (Å²) >= 11 is 0. The predicted molar refractivity (Wildman–Crippen MR) is 94.9 cm³/mol. The van der Waals surface area contributed by atoms with E-state index in [4.69, 9.17) is 5.11 Å². The van der Waals surface area contributed by atoms with Gasteiger partial charge >= 0.3 is 5.97 Å². The summed E-state index contributed by atoms with van der Waals surface area (Å²) < 4.78 is 0. The van der Waals surface area contributed by atoms with Gasteiger partial charge in [0.2, 0.25) is 5.91 Å². The van der Waals surface area contributed by atoms with Gasteiger partial charge in [0.15, 0.2) is 0 Å². The van der Waals surface area contributed by atoms with Gasteiger partial charge in [0, 0.05) is 12.4 Å². The number of nitrogens with one attached hydrogen (secondary N) is 1. The number of aliphatic carboxylic acids is 2. The Bertz CT molecular complexity index is 384. The highest BCUT2D eigenvalue weighted by molar-refractivity contribution is 5.83. The molecule has 0 saturated carbocycles. The highest BCUT2D eigenvalue weighted by Crippen LogP contribution is 2.12. The van der Waals surface area contributed by atoms with Crippen LogP contribution in [0.3, 0.4) is 0 Å². The van der Waals surface area contributed by atoms with Crippen LogP contribution in [-0.4, -0.2) is 29.0 Å². The molecule has 0 radical (unpaired) electrons. The van der Waals surface area contributed by atoms with Crippen molar-refractivity contribution in [3.05, 3.63) is 0 Å². The van der Waals surface area contributed by atoms with Gasteiger partial charge in [-0.25, -0.2) is 4.79 Å². The largest absolute Gasteiger partial charge is 0.550 e. The van der Waals surface area contributed by atoms with Gasteiger partial charge in [-0.15, -0.1) is 0 Å². The van der Waals surface area contributed by atoms with Crippen molar-refractivity contribution in [2.75, 3.05) is 0 Å². The van der Waals surface area contributed by atoms with Gasteiger partial charge < -0.3 is 20.3 Å². The lowest BCUT2D eigenvalue weighted by Gasteiger charge is -2.14. The summed E-state index contributed by atoms with van der Waals surface area (Å²) in [5, 5.41) is 21.7. The van der Waals surface area contributed by atoms with E-state index in [2.05, 4.69) is 12.2 Å². The average molecular weight is 356 g/mol. The SMILES string of the molecule is CCCCCCCCCCCCCC(=O)N[C@@H](CCC(=O)[O-])C(=O)O.